The molecule has 3 N–H and O–H groups in total. The van der Waals surface area contributed by atoms with Crippen LogP contribution in [-0.4, -0.2) is 49.5 Å². The minimum absolute atomic E-state index is 0.303. The highest BCUT2D eigenvalue weighted by molar-refractivity contribution is 6.31. The highest BCUT2D eigenvalue weighted by atomic mass is 35.5. The van der Waals surface area contributed by atoms with E-state index in [9.17, 15) is 4.79 Å². The minimum atomic E-state index is -0.318. The summed E-state index contributed by atoms with van der Waals surface area (Å²) < 4.78 is 8.81. The Balaban J connectivity index is 0.000000411. The SMILES string of the molecule is CC(C)(C)OC=O.Nc1ncnc2c1c(-c1ccc3c(ccn3Cc3ccccc3Cl)c1)nn2C1CCNCC1. The number of carbonyl (C=O) groups excluding carboxylic acids is 1. The maximum absolute atomic E-state index is 9.60. The van der Waals surface area contributed by atoms with Crippen molar-refractivity contribution < 1.29 is 9.53 Å². The van der Waals surface area contributed by atoms with E-state index in [1.807, 2.05) is 39.0 Å². The van der Waals surface area contributed by atoms with E-state index in [4.69, 9.17) is 22.4 Å². The molecule has 3 aromatic heterocycles. The zero-order chi connectivity index (χ0) is 28.3. The van der Waals surface area contributed by atoms with E-state index in [1.165, 1.54) is 6.33 Å². The normalized spacial score (nSPS) is 14.2. The molecule has 1 saturated heterocycles. The molecule has 1 fully saturated rings. The molecule has 6 rings (SSSR count). The lowest BCUT2D eigenvalue weighted by molar-refractivity contribution is -0.138. The number of aromatic nitrogens is 5. The summed E-state index contributed by atoms with van der Waals surface area (Å²) in [5, 5.41) is 11.2. The van der Waals surface area contributed by atoms with E-state index in [2.05, 4.69) is 65.8 Å². The fourth-order valence-corrected chi connectivity index (χ4v) is 5.14. The third-order valence-corrected chi connectivity index (χ3v) is 7.29. The molecule has 40 heavy (non-hydrogen) atoms. The minimum Gasteiger partial charge on any atom is -0.462 e. The van der Waals surface area contributed by atoms with Crippen LogP contribution in [0.15, 0.2) is 61.1 Å². The molecule has 0 bridgehead atoms. The number of fused-ring (bicyclic) bond motifs is 2. The molecule has 9 nitrogen and oxygen atoms in total. The van der Waals surface area contributed by atoms with E-state index < -0.39 is 0 Å². The molecule has 0 aliphatic carbocycles. The Morgan fingerprint density at radius 1 is 1.12 bits per heavy atom. The summed E-state index contributed by atoms with van der Waals surface area (Å²) in [5.41, 5.74) is 10.9. The van der Waals surface area contributed by atoms with Crippen molar-refractivity contribution in [3.8, 4) is 11.3 Å². The number of nitrogens with one attached hydrogen (secondary N) is 1. The van der Waals surface area contributed by atoms with Gasteiger partial charge in [-0.15, -0.1) is 0 Å². The number of ether oxygens (including phenoxy) is 1. The first-order chi connectivity index (χ1) is 19.2. The summed E-state index contributed by atoms with van der Waals surface area (Å²) >= 11 is 6.38. The van der Waals surface area contributed by atoms with Crippen molar-refractivity contribution in [2.75, 3.05) is 18.8 Å². The van der Waals surface area contributed by atoms with Crippen LogP contribution in [0.1, 0.15) is 45.2 Å². The van der Waals surface area contributed by atoms with Gasteiger partial charge >= 0.3 is 0 Å². The van der Waals surface area contributed by atoms with Gasteiger partial charge in [-0.1, -0.05) is 35.9 Å². The average molecular weight is 560 g/mol. The van der Waals surface area contributed by atoms with Crippen LogP contribution in [0.3, 0.4) is 0 Å². The molecule has 208 valence electrons. The quantitative estimate of drug-likeness (QED) is 0.269. The van der Waals surface area contributed by atoms with E-state index in [0.29, 0.717) is 18.3 Å². The zero-order valence-electron chi connectivity index (χ0n) is 23.0. The molecule has 2 aromatic carbocycles. The second-order valence-electron chi connectivity index (χ2n) is 10.9. The summed E-state index contributed by atoms with van der Waals surface area (Å²) in [7, 11) is 0. The number of hydrogen-bond donors (Lipinski definition) is 2. The first kappa shape index (κ1) is 27.6. The Hall–Kier alpha value is -3.95. The van der Waals surface area contributed by atoms with Crippen LogP contribution in [-0.2, 0) is 16.1 Å². The first-order valence-electron chi connectivity index (χ1n) is 13.4. The Labute approximate surface area is 238 Å². The third-order valence-electron chi connectivity index (χ3n) is 6.92. The van der Waals surface area contributed by atoms with Gasteiger partial charge in [0.25, 0.3) is 6.47 Å². The van der Waals surface area contributed by atoms with Gasteiger partial charge in [0, 0.05) is 34.2 Å². The number of nitrogens with zero attached hydrogens (tertiary/aromatic N) is 5. The second kappa shape index (κ2) is 11.7. The molecule has 0 radical (unpaired) electrons. The Morgan fingerprint density at radius 2 is 1.90 bits per heavy atom. The van der Waals surface area contributed by atoms with Crippen LogP contribution in [0.2, 0.25) is 5.02 Å². The Bertz CT molecular complexity index is 1630. The molecular formula is C30H34ClN7O2. The van der Waals surface area contributed by atoms with Crippen LogP contribution in [0.25, 0.3) is 33.2 Å². The lowest BCUT2D eigenvalue weighted by atomic mass is 10.1. The number of nitrogen functional groups attached to an aromatic ring is 1. The van der Waals surface area contributed by atoms with E-state index >= 15 is 0 Å². The molecule has 4 heterocycles. The van der Waals surface area contributed by atoms with Gasteiger partial charge in [0.05, 0.1) is 11.4 Å². The van der Waals surface area contributed by atoms with E-state index in [1.54, 1.807) is 0 Å². The van der Waals surface area contributed by atoms with Crippen LogP contribution >= 0.6 is 11.6 Å². The first-order valence-corrected chi connectivity index (χ1v) is 13.8. The fourth-order valence-electron chi connectivity index (χ4n) is 4.94. The van der Waals surface area contributed by atoms with Crippen molar-refractivity contribution in [1.29, 1.82) is 0 Å². The van der Waals surface area contributed by atoms with Crippen LogP contribution in [0.5, 0.6) is 0 Å². The van der Waals surface area contributed by atoms with Crippen LogP contribution in [0, 0.1) is 0 Å². The Kier molecular flexibility index (Phi) is 8.04. The van der Waals surface area contributed by atoms with Crippen molar-refractivity contribution in [2.45, 2.75) is 51.8 Å². The molecule has 10 heteroatoms. The number of rotatable bonds is 5. The predicted molar refractivity (Wildman–Crippen MR) is 159 cm³/mol. The molecule has 0 atom stereocenters. The zero-order valence-corrected chi connectivity index (χ0v) is 23.7. The van der Waals surface area contributed by atoms with Gasteiger partial charge in [-0.25, -0.2) is 14.6 Å². The summed E-state index contributed by atoms with van der Waals surface area (Å²) in [6, 6.07) is 16.8. The summed E-state index contributed by atoms with van der Waals surface area (Å²) in [5.74, 6) is 0.464. The molecule has 5 aromatic rings. The maximum atomic E-state index is 9.60. The number of benzene rings is 2. The highest BCUT2D eigenvalue weighted by Crippen LogP contribution is 2.35. The third kappa shape index (κ3) is 5.95. The van der Waals surface area contributed by atoms with Gasteiger partial charge in [0.2, 0.25) is 0 Å². The van der Waals surface area contributed by atoms with Crippen molar-refractivity contribution in [2.24, 2.45) is 0 Å². The van der Waals surface area contributed by atoms with Gasteiger partial charge in [-0.2, -0.15) is 5.10 Å². The predicted octanol–water partition coefficient (Wildman–Crippen LogP) is 5.61. The average Bonchev–Trinajstić information content (AvgIpc) is 3.52. The lowest BCUT2D eigenvalue weighted by Crippen LogP contribution is -2.30. The van der Waals surface area contributed by atoms with E-state index in [0.717, 1.165) is 76.3 Å². The molecule has 0 unspecified atom stereocenters. The fraction of sp³-hybridized carbons (Fsp3) is 0.333. The molecular weight excluding hydrogens is 526 g/mol. The summed E-state index contributed by atoms with van der Waals surface area (Å²) in [4.78, 5) is 18.4. The Morgan fingerprint density at radius 3 is 2.60 bits per heavy atom. The molecule has 1 aliphatic rings. The summed E-state index contributed by atoms with van der Waals surface area (Å²) in [6.07, 6.45) is 5.66. The number of halogens is 1. The monoisotopic (exact) mass is 559 g/mol. The number of anilines is 1. The topological polar surface area (TPSA) is 113 Å². The van der Waals surface area contributed by atoms with Crippen molar-refractivity contribution >= 4 is 45.8 Å². The standard InChI is InChI=1S/C25H24ClN7.C5H10O2/c26-20-4-2-1-3-18(20)14-32-12-9-16-13-17(5-6-21(16)32)23-22-24(27)29-15-30-25(22)33(31-23)19-7-10-28-11-8-19;1-5(2,3)7-4-6/h1-6,9,12-13,15,19,28H,7-8,10-11,14H2,(H2,27,29,30);4H,1-3H3. The van der Waals surface area contributed by atoms with Crippen molar-refractivity contribution in [1.82, 2.24) is 29.6 Å². The van der Waals surface area contributed by atoms with Gasteiger partial charge in [-0.3, -0.25) is 4.79 Å². The lowest BCUT2D eigenvalue weighted by Gasteiger charge is -2.23. The largest absolute Gasteiger partial charge is 0.462 e. The van der Waals surface area contributed by atoms with Gasteiger partial charge in [0.15, 0.2) is 5.65 Å². The van der Waals surface area contributed by atoms with Crippen LogP contribution in [0.4, 0.5) is 5.82 Å². The van der Waals surface area contributed by atoms with Gasteiger partial charge in [-0.05, 0) is 76.5 Å². The number of nitrogens with two attached hydrogens (primary N) is 1. The summed E-state index contributed by atoms with van der Waals surface area (Å²) in [6.45, 7) is 8.60. The highest BCUT2D eigenvalue weighted by Gasteiger charge is 2.23. The van der Waals surface area contributed by atoms with Crippen molar-refractivity contribution in [3.63, 3.8) is 0 Å². The van der Waals surface area contributed by atoms with Gasteiger partial charge < -0.3 is 20.4 Å². The molecule has 1 aliphatic heterocycles. The van der Waals surface area contributed by atoms with E-state index in [-0.39, 0.29) is 5.60 Å². The molecule has 0 spiro atoms. The van der Waals surface area contributed by atoms with Crippen molar-refractivity contribution in [3.05, 3.63) is 71.6 Å². The molecule has 0 saturated carbocycles. The second-order valence-corrected chi connectivity index (χ2v) is 11.3. The number of carbonyl (C=O) groups is 1. The maximum Gasteiger partial charge on any atom is 0.293 e. The van der Waals surface area contributed by atoms with Gasteiger partial charge in [0.1, 0.15) is 23.4 Å². The number of piperidine rings is 1. The molecule has 0 amide bonds. The number of hydrogen-bond acceptors (Lipinski definition) is 7. The smallest absolute Gasteiger partial charge is 0.293 e. The van der Waals surface area contributed by atoms with Crippen LogP contribution < -0.4 is 11.1 Å².